The Morgan fingerprint density at radius 3 is 1.08 bits per heavy atom. The van der Waals surface area contributed by atoms with E-state index in [-0.39, 0.29) is 33.8 Å². The first-order valence-electron chi connectivity index (χ1n) is 11.0. The topological polar surface area (TPSA) is 36.9 Å². The van der Waals surface area contributed by atoms with Gasteiger partial charge in [-0.25, -0.2) is 0 Å². The highest BCUT2D eigenvalue weighted by Crippen LogP contribution is 2.41. The first-order valence-corrected chi connectivity index (χ1v) is 11.0. The van der Waals surface area contributed by atoms with Gasteiger partial charge in [-0.1, -0.05) is 24.3 Å². The third kappa shape index (κ3) is 6.62. The molecule has 0 radical (unpaired) electrons. The van der Waals surface area contributed by atoms with E-state index in [4.69, 9.17) is 18.9 Å². The average Bonchev–Trinajstić information content (AvgIpc) is 2.89. The summed E-state index contributed by atoms with van der Waals surface area (Å²) in [6.07, 6.45) is -7.79. The zero-order chi connectivity index (χ0) is 28.1. The molecule has 0 saturated carbocycles. The summed E-state index contributed by atoms with van der Waals surface area (Å²) in [5.74, 6) is 0.595. The van der Waals surface area contributed by atoms with Gasteiger partial charge in [-0.2, -0.15) is 26.3 Å². The summed E-state index contributed by atoms with van der Waals surface area (Å²) in [5.41, 5.74) is -2.33. The molecule has 4 nitrogen and oxygen atoms in total. The summed E-state index contributed by atoms with van der Waals surface area (Å²) in [5, 5.41) is 0. The molecule has 0 amide bonds. The van der Waals surface area contributed by atoms with E-state index >= 15 is 0 Å². The second kappa shape index (κ2) is 11.5. The smallest absolute Gasteiger partial charge is 0.417 e. The van der Waals surface area contributed by atoms with E-state index in [0.717, 1.165) is 12.2 Å². The van der Waals surface area contributed by atoms with Gasteiger partial charge in [0.05, 0.1) is 39.6 Å². The summed E-state index contributed by atoms with van der Waals surface area (Å²) in [6.45, 7) is 0. The predicted octanol–water partition coefficient (Wildman–Crippen LogP) is 7.93. The number of methoxy groups -OCH3 is 4. The maximum atomic E-state index is 14.0. The van der Waals surface area contributed by atoms with Crippen LogP contribution in [-0.4, -0.2) is 40.8 Å². The molecular formula is C28H24F6O4. The molecule has 0 aliphatic carbocycles. The molecule has 38 heavy (non-hydrogen) atoms. The first-order chi connectivity index (χ1) is 17.9. The number of ether oxygens (including phenoxy) is 4. The maximum Gasteiger partial charge on any atom is 0.417 e. The fourth-order valence-electron chi connectivity index (χ4n) is 3.68. The van der Waals surface area contributed by atoms with E-state index in [1.165, 1.54) is 89.1 Å². The standard InChI is InChI=1S/C28H24F6O4/c1-35-21-9-5-17(6-10-21)23(27(29,30)31)13-19-15-26(38-4)20(16-25(19)37-3)14-24(28(32,33)34)18-7-11-22(36-2)12-8-18/h5-16H,1-4H3/b23-13+,24-14+. The Bertz CT molecular complexity index is 1200. The molecule has 0 bridgehead atoms. The lowest BCUT2D eigenvalue weighted by Crippen LogP contribution is -2.11. The Morgan fingerprint density at radius 2 is 0.842 bits per heavy atom. The van der Waals surface area contributed by atoms with Crippen LogP contribution in [0.5, 0.6) is 23.0 Å². The van der Waals surface area contributed by atoms with Crippen molar-refractivity contribution in [3.63, 3.8) is 0 Å². The van der Waals surface area contributed by atoms with Gasteiger partial charge in [-0.3, -0.25) is 0 Å². The molecule has 0 atom stereocenters. The summed E-state index contributed by atoms with van der Waals surface area (Å²) in [7, 11) is 5.20. The summed E-state index contributed by atoms with van der Waals surface area (Å²) < 4.78 is 105. The number of hydrogen-bond acceptors (Lipinski definition) is 4. The Hall–Kier alpha value is -4.08. The molecule has 3 rings (SSSR count). The van der Waals surface area contributed by atoms with Crippen molar-refractivity contribution in [2.24, 2.45) is 0 Å². The number of benzene rings is 3. The number of alkyl halides is 6. The molecule has 0 saturated heterocycles. The fraction of sp³-hybridized carbons (Fsp3) is 0.214. The van der Waals surface area contributed by atoms with Gasteiger partial charge in [0.25, 0.3) is 0 Å². The highest BCUT2D eigenvalue weighted by atomic mass is 19.4. The third-order valence-corrected chi connectivity index (χ3v) is 5.59. The Labute approximate surface area is 215 Å². The second-order valence-corrected chi connectivity index (χ2v) is 7.90. The fourth-order valence-corrected chi connectivity index (χ4v) is 3.68. The molecule has 0 aliphatic heterocycles. The summed E-state index contributed by atoms with van der Waals surface area (Å²) in [6, 6.07) is 13.0. The van der Waals surface area contributed by atoms with Crippen molar-refractivity contribution < 1.29 is 45.3 Å². The van der Waals surface area contributed by atoms with Gasteiger partial charge in [0, 0.05) is 11.1 Å². The molecule has 0 spiro atoms. The lowest BCUT2D eigenvalue weighted by atomic mass is 9.98. The van der Waals surface area contributed by atoms with Crippen molar-refractivity contribution in [1.82, 2.24) is 0 Å². The summed E-state index contributed by atoms with van der Waals surface area (Å²) in [4.78, 5) is 0. The minimum Gasteiger partial charge on any atom is -0.497 e. The molecule has 0 unspecified atom stereocenters. The number of halogens is 6. The Kier molecular flexibility index (Phi) is 8.65. The van der Waals surface area contributed by atoms with Crippen LogP contribution in [0.3, 0.4) is 0 Å². The van der Waals surface area contributed by atoms with Crippen LogP contribution in [0.25, 0.3) is 23.3 Å². The van der Waals surface area contributed by atoms with E-state index in [1.54, 1.807) is 0 Å². The van der Waals surface area contributed by atoms with Crippen LogP contribution in [0.15, 0.2) is 60.7 Å². The van der Waals surface area contributed by atoms with Gasteiger partial charge in [-0.15, -0.1) is 0 Å². The molecule has 0 heterocycles. The molecule has 0 fully saturated rings. The molecule has 10 heteroatoms. The van der Waals surface area contributed by atoms with Gasteiger partial charge in [0.15, 0.2) is 0 Å². The lowest BCUT2D eigenvalue weighted by Gasteiger charge is -2.17. The van der Waals surface area contributed by atoms with E-state index < -0.39 is 23.5 Å². The monoisotopic (exact) mass is 538 g/mol. The van der Waals surface area contributed by atoms with E-state index in [9.17, 15) is 26.3 Å². The Balaban J connectivity index is 2.19. The molecule has 3 aromatic rings. The normalized spacial score (nSPS) is 12.8. The van der Waals surface area contributed by atoms with E-state index in [2.05, 4.69) is 0 Å². The Morgan fingerprint density at radius 1 is 0.526 bits per heavy atom. The van der Waals surface area contributed by atoms with Gasteiger partial charge in [0.2, 0.25) is 0 Å². The number of hydrogen-bond donors (Lipinski definition) is 0. The van der Waals surface area contributed by atoms with E-state index in [0.29, 0.717) is 11.5 Å². The molecule has 3 aromatic carbocycles. The van der Waals surface area contributed by atoms with E-state index in [1.807, 2.05) is 0 Å². The van der Waals surface area contributed by atoms with Crippen LogP contribution in [0.1, 0.15) is 22.3 Å². The lowest BCUT2D eigenvalue weighted by molar-refractivity contribution is -0.0692. The minimum atomic E-state index is -4.75. The van der Waals surface area contributed by atoms with Crippen LogP contribution in [0.4, 0.5) is 26.3 Å². The zero-order valence-corrected chi connectivity index (χ0v) is 20.8. The van der Waals surface area contributed by atoms with Crippen LogP contribution < -0.4 is 18.9 Å². The third-order valence-electron chi connectivity index (χ3n) is 5.59. The van der Waals surface area contributed by atoms with Gasteiger partial charge in [-0.05, 0) is 59.7 Å². The van der Waals surface area contributed by atoms with Crippen molar-refractivity contribution >= 4 is 23.3 Å². The molecule has 202 valence electrons. The first kappa shape index (κ1) is 28.5. The highest BCUT2D eigenvalue weighted by Gasteiger charge is 2.36. The largest absolute Gasteiger partial charge is 0.497 e. The van der Waals surface area contributed by atoms with Crippen molar-refractivity contribution in [3.05, 3.63) is 82.9 Å². The van der Waals surface area contributed by atoms with Crippen molar-refractivity contribution in [1.29, 1.82) is 0 Å². The molecule has 0 N–H and O–H groups in total. The molecule has 0 aliphatic rings. The quantitative estimate of drug-likeness (QED) is 0.216. The number of allylic oxidation sites excluding steroid dienone is 2. The minimum absolute atomic E-state index is 0.0392. The van der Waals surface area contributed by atoms with Crippen molar-refractivity contribution in [3.8, 4) is 23.0 Å². The van der Waals surface area contributed by atoms with Gasteiger partial charge >= 0.3 is 12.4 Å². The van der Waals surface area contributed by atoms with Crippen LogP contribution >= 0.6 is 0 Å². The SMILES string of the molecule is COc1ccc(/C(=C\c2cc(OC)c(/C=C(\c3ccc(OC)cc3)C(F)(F)F)cc2OC)C(F)(F)F)cc1. The van der Waals surface area contributed by atoms with Crippen molar-refractivity contribution in [2.45, 2.75) is 12.4 Å². The predicted molar refractivity (Wildman–Crippen MR) is 133 cm³/mol. The summed E-state index contributed by atoms with van der Waals surface area (Å²) >= 11 is 0. The van der Waals surface area contributed by atoms with Crippen LogP contribution in [-0.2, 0) is 0 Å². The average molecular weight is 538 g/mol. The van der Waals surface area contributed by atoms with Crippen LogP contribution in [0.2, 0.25) is 0 Å². The van der Waals surface area contributed by atoms with Gasteiger partial charge < -0.3 is 18.9 Å². The second-order valence-electron chi connectivity index (χ2n) is 7.90. The zero-order valence-electron chi connectivity index (χ0n) is 20.8. The highest BCUT2D eigenvalue weighted by molar-refractivity contribution is 5.89. The number of rotatable bonds is 8. The van der Waals surface area contributed by atoms with Crippen LogP contribution in [0, 0.1) is 0 Å². The maximum absolute atomic E-state index is 14.0. The van der Waals surface area contributed by atoms with Crippen molar-refractivity contribution in [2.75, 3.05) is 28.4 Å². The molecule has 0 aromatic heterocycles. The molecular weight excluding hydrogens is 514 g/mol. The van der Waals surface area contributed by atoms with Gasteiger partial charge in [0.1, 0.15) is 23.0 Å².